The lowest BCUT2D eigenvalue weighted by atomic mass is 10.2. The monoisotopic (exact) mass is 554 g/mol. The van der Waals surface area contributed by atoms with Gasteiger partial charge in [0.1, 0.15) is 24.7 Å². The van der Waals surface area contributed by atoms with Crippen molar-refractivity contribution in [3.8, 4) is 11.5 Å². The van der Waals surface area contributed by atoms with E-state index in [1.807, 2.05) is 55.6 Å². The van der Waals surface area contributed by atoms with Crippen LogP contribution < -0.4 is 14.8 Å². The molecule has 3 rings (SSSR count). The highest BCUT2D eigenvalue weighted by molar-refractivity contribution is 14.0. The first-order chi connectivity index (χ1) is 15.3. The van der Waals surface area contributed by atoms with Gasteiger partial charge >= 0.3 is 0 Å². The molecule has 8 heteroatoms. The molecule has 1 aliphatic rings. The van der Waals surface area contributed by atoms with Gasteiger partial charge in [-0.1, -0.05) is 36.4 Å². The largest absolute Gasteiger partial charge is 0.492 e. The lowest BCUT2D eigenvalue weighted by Crippen LogP contribution is -2.40. The van der Waals surface area contributed by atoms with Gasteiger partial charge in [-0.3, -0.25) is 9.89 Å². The second kappa shape index (κ2) is 14.9. The standard InChI is InChI=1S/C24H34N4O3.HI/c1-25-24(27(2)12-18-30-22-9-4-3-5-10-22)26-20-21-8-6-7-11-23(21)31-19-15-28-13-16-29-17-14-28;/h3-11H,12-20H2,1-2H3,(H,25,26);1H. The topological polar surface area (TPSA) is 58.6 Å². The van der Waals surface area contributed by atoms with Gasteiger partial charge in [0.15, 0.2) is 5.96 Å². The first-order valence-corrected chi connectivity index (χ1v) is 10.9. The molecular weight excluding hydrogens is 519 g/mol. The fourth-order valence-electron chi connectivity index (χ4n) is 3.38. The Kier molecular flexibility index (Phi) is 12.2. The van der Waals surface area contributed by atoms with E-state index >= 15 is 0 Å². The average molecular weight is 554 g/mol. The van der Waals surface area contributed by atoms with E-state index in [4.69, 9.17) is 14.2 Å². The number of hydrogen-bond donors (Lipinski definition) is 1. The Morgan fingerprint density at radius 2 is 1.75 bits per heavy atom. The summed E-state index contributed by atoms with van der Waals surface area (Å²) in [5.74, 6) is 2.61. The number of benzene rings is 2. The number of hydrogen-bond acceptors (Lipinski definition) is 5. The van der Waals surface area contributed by atoms with E-state index in [0.717, 1.165) is 62.4 Å². The highest BCUT2D eigenvalue weighted by Crippen LogP contribution is 2.18. The lowest BCUT2D eigenvalue weighted by molar-refractivity contribution is 0.0322. The number of halogens is 1. The van der Waals surface area contributed by atoms with Crippen LogP contribution in [0.2, 0.25) is 0 Å². The molecule has 0 aromatic heterocycles. The molecular formula is C24H35IN4O3. The smallest absolute Gasteiger partial charge is 0.193 e. The van der Waals surface area contributed by atoms with Crippen LogP contribution in [0, 0.1) is 0 Å². The van der Waals surface area contributed by atoms with E-state index in [1.165, 1.54) is 0 Å². The summed E-state index contributed by atoms with van der Waals surface area (Å²) in [6.45, 7) is 7.11. The summed E-state index contributed by atoms with van der Waals surface area (Å²) in [6.07, 6.45) is 0. The molecule has 2 aromatic carbocycles. The number of aliphatic imine (C=N–C) groups is 1. The second-order valence-electron chi connectivity index (χ2n) is 7.39. The van der Waals surface area contributed by atoms with Gasteiger partial charge in [-0.25, -0.2) is 0 Å². The number of guanidine groups is 1. The fraction of sp³-hybridized carbons (Fsp3) is 0.458. The molecule has 0 amide bonds. The van der Waals surface area contributed by atoms with Gasteiger partial charge in [-0.05, 0) is 18.2 Å². The first kappa shape index (κ1) is 26.2. The summed E-state index contributed by atoms with van der Waals surface area (Å²) in [4.78, 5) is 8.83. The highest BCUT2D eigenvalue weighted by atomic mass is 127. The van der Waals surface area contributed by atoms with Gasteiger partial charge in [0.2, 0.25) is 0 Å². The molecule has 1 saturated heterocycles. The Bertz CT molecular complexity index is 801. The van der Waals surface area contributed by atoms with Crippen LogP contribution in [-0.4, -0.2) is 82.5 Å². The minimum Gasteiger partial charge on any atom is -0.492 e. The van der Waals surface area contributed by atoms with Gasteiger partial charge in [-0.2, -0.15) is 0 Å². The van der Waals surface area contributed by atoms with Crippen LogP contribution >= 0.6 is 24.0 Å². The van der Waals surface area contributed by atoms with E-state index < -0.39 is 0 Å². The maximum Gasteiger partial charge on any atom is 0.193 e. The zero-order chi connectivity index (χ0) is 21.7. The van der Waals surface area contributed by atoms with Gasteiger partial charge in [0, 0.05) is 45.8 Å². The molecule has 0 saturated carbocycles. The zero-order valence-electron chi connectivity index (χ0n) is 19.0. The molecule has 7 nitrogen and oxygen atoms in total. The van der Waals surface area contributed by atoms with Crippen LogP contribution in [0.1, 0.15) is 5.56 Å². The van der Waals surface area contributed by atoms with E-state index in [-0.39, 0.29) is 24.0 Å². The predicted octanol–water partition coefficient (Wildman–Crippen LogP) is 3.10. The SMILES string of the molecule is CN=C(NCc1ccccc1OCCN1CCOCC1)N(C)CCOc1ccccc1.I. The lowest BCUT2D eigenvalue weighted by Gasteiger charge is -2.26. The van der Waals surface area contributed by atoms with Crippen molar-refractivity contribution in [3.63, 3.8) is 0 Å². The number of nitrogens with zero attached hydrogens (tertiary/aromatic N) is 3. The normalized spacial score (nSPS) is 14.4. The Balaban J connectivity index is 0.00000363. The van der Waals surface area contributed by atoms with Crippen molar-refractivity contribution < 1.29 is 14.2 Å². The summed E-state index contributed by atoms with van der Waals surface area (Å²) in [6, 6.07) is 18.0. The third kappa shape index (κ3) is 8.84. The number of nitrogens with one attached hydrogen (secondary N) is 1. The van der Waals surface area contributed by atoms with Gasteiger partial charge in [0.05, 0.1) is 19.8 Å². The van der Waals surface area contributed by atoms with Crippen molar-refractivity contribution >= 4 is 29.9 Å². The Labute approximate surface area is 208 Å². The Morgan fingerprint density at radius 1 is 1.03 bits per heavy atom. The van der Waals surface area contributed by atoms with Gasteiger partial charge in [-0.15, -0.1) is 24.0 Å². The molecule has 0 radical (unpaired) electrons. The summed E-state index contributed by atoms with van der Waals surface area (Å²) in [7, 11) is 3.80. The van der Waals surface area contributed by atoms with Crippen LogP contribution in [0.25, 0.3) is 0 Å². The van der Waals surface area contributed by atoms with Crippen LogP contribution in [-0.2, 0) is 11.3 Å². The quantitative estimate of drug-likeness (QED) is 0.277. The van der Waals surface area contributed by atoms with Crippen LogP contribution in [0.3, 0.4) is 0 Å². The number of rotatable bonds is 10. The van der Waals surface area contributed by atoms with Crippen LogP contribution in [0.5, 0.6) is 11.5 Å². The van der Waals surface area contributed by atoms with Gasteiger partial charge < -0.3 is 24.4 Å². The van der Waals surface area contributed by atoms with Crippen molar-refractivity contribution in [3.05, 3.63) is 60.2 Å². The Morgan fingerprint density at radius 3 is 2.50 bits per heavy atom. The number of para-hydroxylation sites is 2. The summed E-state index contributed by atoms with van der Waals surface area (Å²) in [5.41, 5.74) is 1.11. The molecule has 32 heavy (non-hydrogen) atoms. The molecule has 1 aliphatic heterocycles. The van der Waals surface area contributed by atoms with E-state index in [2.05, 4.69) is 26.2 Å². The van der Waals surface area contributed by atoms with E-state index in [9.17, 15) is 0 Å². The average Bonchev–Trinajstić information content (AvgIpc) is 2.82. The third-order valence-corrected chi connectivity index (χ3v) is 5.19. The van der Waals surface area contributed by atoms with Gasteiger partial charge in [0.25, 0.3) is 0 Å². The molecule has 1 N–H and O–H groups in total. The Hall–Kier alpha value is -2.04. The van der Waals surface area contributed by atoms with Crippen LogP contribution in [0.15, 0.2) is 59.6 Å². The van der Waals surface area contributed by atoms with E-state index in [0.29, 0.717) is 19.8 Å². The molecule has 0 aliphatic carbocycles. The first-order valence-electron chi connectivity index (χ1n) is 10.9. The summed E-state index contributed by atoms with van der Waals surface area (Å²) in [5, 5.41) is 3.43. The minimum absolute atomic E-state index is 0. The minimum atomic E-state index is 0. The maximum atomic E-state index is 6.08. The molecule has 0 unspecified atom stereocenters. The van der Waals surface area contributed by atoms with E-state index in [1.54, 1.807) is 7.05 Å². The molecule has 2 aromatic rings. The number of morpholine rings is 1. The summed E-state index contributed by atoms with van der Waals surface area (Å²) < 4.78 is 17.3. The zero-order valence-corrected chi connectivity index (χ0v) is 21.4. The van der Waals surface area contributed by atoms with Crippen molar-refractivity contribution in [2.45, 2.75) is 6.54 Å². The maximum absolute atomic E-state index is 6.08. The molecule has 176 valence electrons. The summed E-state index contributed by atoms with van der Waals surface area (Å²) >= 11 is 0. The second-order valence-corrected chi connectivity index (χ2v) is 7.39. The predicted molar refractivity (Wildman–Crippen MR) is 139 cm³/mol. The van der Waals surface area contributed by atoms with Crippen molar-refractivity contribution in [1.29, 1.82) is 0 Å². The molecule has 0 bridgehead atoms. The van der Waals surface area contributed by atoms with Crippen LogP contribution in [0.4, 0.5) is 0 Å². The number of likely N-dealkylation sites (N-methyl/N-ethyl adjacent to an activating group) is 1. The third-order valence-electron chi connectivity index (χ3n) is 5.19. The van der Waals surface area contributed by atoms with Crippen molar-refractivity contribution in [1.82, 2.24) is 15.1 Å². The fourth-order valence-corrected chi connectivity index (χ4v) is 3.38. The molecule has 1 heterocycles. The number of ether oxygens (including phenoxy) is 3. The van der Waals surface area contributed by atoms with Crippen molar-refractivity contribution in [2.24, 2.45) is 4.99 Å². The highest BCUT2D eigenvalue weighted by Gasteiger charge is 2.11. The van der Waals surface area contributed by atoms with Crippen molar-refractivity contribution in [2.75, 3.05) is 66.7 Å². The molecule has 0 spiro atoms. The molecule has 1 fully saturated rings. The molecule has 0 atom stereocenters.